The molecule has 0 saturated heterocycles. The summed E-state index contributed by atoms with van der Waals surface area (Å²) in [5.41, 5.74) is 1.82. The molecule has 0 bridgehead atoms. The predicted molar refractivity (Wildman–Crippen MR) is 85.8 cm³/mol. The smallest absolute Gasteiger partial charge is 0.272 e. The molecule has 0 heterocycles. The molecule has 116 valence electrons. The molecular weight excluding hydrogens is 266 g/mol. The quantitative estimate of drug-likeness (QED) is 0.363. The van der Waals surface area contributed by atoms with Crippen molar-refractivity contribution in [2.24, 2.45) is 0 Å². The summed E-state index contributed by atoms with van der Waals surface area (Å²) in [6, 6.07) is 5.84. The van der Waals surface area contributed by atoms with Crippen LogP contribution < -0.4 is 10.6 Å². The number of hydrogen-bond donors (Lipinski definition) is 2. The average molecular weight is 291 g/mol. The van der Waals surface area contributed by atoms with Crippen molar-refractivity contribution in [3.63, 3.8) is 0 Å². The Labute approximate surface area is 126 Å². The molecule has 0 atom stereocenters. The van der Waals surface area contributed by atoms with Crippen LogP contribution in [0.5, 0.6) is 0 Å². The second-order valence-corrected chi connectivity index (χ2v) is 5.83. The van der Waals surface area contributed by atoms with Crippen molar-refractivity contribution in [1.82, 2.24) is 5.32 Å². The van der Waals surface area contributed by atoms with Crippen LogP contribution in [-0.2, 0) is 0 Å². The van der Waals surface area contributed by atoms with Crippen LogP contribution >= 0.6 is 0 Å². The van der Waals surface area contributed by atoms with E-state index in [2.05, 4.69) is 10.6 Å². The molecule has 0 unspecified atom stereocenters. The molecule has 2 N–H and O–H groups in total. The minimum absolute atomic E-state index is 0.178. The topological polar surface area (TPSA) is 67.2 Å². The van der Waals surface area contributed by atoms with Gasteiger partial charge in [-0.15, -0.1) is 0 Å². The maximum atomic E-state index is 10.8. The molecule has 1 aliphatic rings. The Morgan fingerprint density at radius 2 is 1.90 bits per heavy atom. The van der Waals surface area contributed by atoms with Gasteiger partial charge in [0.25, 0.3) is 5.69 Å². The van der Waals surface area contributed by atoms with Gasteiger partial charge in [0.1, 0.15) is 0 Å². The fourth-order valence-corrected chi connectivity index (χ4v) is 2.94. The number of nitrogens with one attached hydrogen (secondary N) is 2. The summed E-state index contributed by atoms with van der Waals surface area (Å²) >= 11 is 0. The first-order chi connectivity index (χ1) is 10.2. The molecule has 2 rings (SSSR count). The molecule has 0 radical (unpaired) electrons. The Morgan fingerprint density at radius 3 is 2.52 bits per heavy atom. The SMILES string of the molecule is Cc1cc(NCCNC2CCCCCC2)ccc1[N+](=O)[O-]. The largest absolute Gasteiger partial charge is 0.384 e. The molecule has 0 aliphatic heterocycles. The third-order valence-electron chi connectivity index (χ3n) is 4.14. The summed E-state index contributed by atoms with van der Waals surface area (Å²) < 4.78 is 0. The zero-order valence-electron chi connectivity index (χ0n) is 12.7. The standard InChI is InChI=1S/C16H25N3O2/c1-13-12-15(8-9-16(13)19(20)21)18-11-10-17-14-6-4-2-3-5-7-14/h8-9,12,14,17-18H,2-7,10-11H2,1H3. The lowest BCUT2D eigenvalue weighted by molar-refractivity contribution is -0.385. The fourth-order valence-electron chi connectivity index (χ4n) is 2.94. The molecule has 1 aromatic rings. The van der Waals surface area contributed by atoms with Crippen LogP contribution in [0.2, 0.25) is 0 Å². The number of anilines is 1. The van der Waals surface area contributed by atoms with Gasteiger partial charge in [-0.1, -0.05) is 25.7 Å². The van der Waals surface area contributed by atoms with Gasteiger partial charge in [0, 0.05) is 36.4 Å². The number of nitrogens with zero attached hydrogens (tertiary/aromatic N) is 1. The Hall–Kier alpha value is -1.62. The van der Waals surface area contributed by atoms with E-state index in [1.54, 1.807) is 19.1 Å². The van der Waals surface area contributed by atoms with Gasteiger partial charge in [0.05, 0.1) is 4.92 Å². The second kappa shape index (κ2) is 7.98. The van der Waals surface area contributed by atoms with Crippen LogP contribution in [0.25, 0.3) is 0 Å². The van der Waals surface area contributed by atoms with Gasteiger partial charge in [-0.3, -0.25) is 10.1 Å². The number of rotatable bonds is 6. The summed E-state index contributed by atoms with van der Waals surface area (Å²) in [5.74, 6) is 0. The third kappa shape index (κ3) is 5.01. The number of hydrogen-bond acceptors (Lipinski definition) is 4. The number of aryl methyl sites for hydroxylation is 1. The van der Waals surface area contributed by atoms with Crippen molar-refractivity contribution in [3.8, 4) is 0 Å². The van der Waals surface area contributed by atoms with Crippen LogP contribution in [-0.4, -0.2) is 24.1 Å². The van der Waals surface area contributed by atoms with E-state index in [1.807, 2.05) is 6.07 Å². The highest BCUT2D eigenvalue weighted by molar-refractivity contribution is 5.53. The molecule has 5 nitrogen and oxygen atoms in total. The molecule has 1 aliphatic carbocycles. The van der Waals surface area contributed by atoms with Crippen LogP contribution in [0.4, 0.5) is 11.4 Å². The zero-order valence-corrected chi connectivity index (χ0v) is 12.7. The molecule has 0 spiro atoms. The maximum absolute atomic E-state index is 10.8. The van der Waals surface area contributed by atoms with Crippen LogP contribution in [0.15, 0.2) is 18.2 Å². The Bertz CT molecular complexity index is 469. The first-order valence-corrected chi connectivity index (χ1v) is 7.89. The van der Waals surface area contributed by atoms with Gasteiger partial charge >= 0.3 is 0 Å². The van der Waals surface area contributed by atoms with Crippen LogP contribution in [0.1, 0.15) is 44.1 Å². The van der Waals surface area contributed by atoms with Crippen molar-refractivity contribution in [2.75, 3.05) is 18.4 Å². The van der Waals surface area contributed by atoms with E-state index in [9.17, 15) is 10.1 Å². The third-order valence-corrected chi connectivity index (χ3v) is 4.14. The van der Waals surface area contributed by atoms with Gasteiger partial charge < -0.3 is 10.6 Å². The van der Waals surface area contributed by atoms with Crippen LogP contribution in [0.3, 0.4) is 0 Å². The minimum atomic E-state index is -0.341. The second-order valence-electron chi connectivity index (χ2n) is 5.83. The highest BCUT2D eigenvalue weighted by atomic mass is 16.6. The molecule has 1 aromatic carbocycles. The van der Waals surface area contributed by atoms with E-state index in [4.69, 9.17) is 0 Å². The lowest BCUT2D eigenvalue weighted by atomic mass is 10.1. The van der Waals surface area contributed by atoms with Crippen molar-refractivity contribution in [1.29, 1.82) is 0 Å². The van der Waals surface area contributed by atoms with Crippen molar-refractivity contribution in [3.05, 3.63) is 33.9 Å². The first-order valence-electron chi connectivity index (χ1n) is 7.89. The van der Waals surface area contributed by atoms with E-state index in [0.717, 1.165) is 18.8 Å². The van der Waals surface area contributed by atoms with Gasteiger partial charge in [-0.2, -0.15) is 0 Å². The van der Waals surface area contributed by atoms with Crippen molar-refractivity contribution in [2.45, 2.75) is 51.5 Å². The highest BCUT2D eigenvalue weighted by Gasteiger charge is 2.11. The number of benzene rings is 1. The lowest BCUT2D eigenvalue weighted by Gasteiger charge is -2.16. The van der Waals surface area contributed by atoms with E-state index >= 15 is 0 Å². The molecule has 5 heteroatoms. The maximum Gasteiger partial charge on any atom is 0.272 e. The van der Waals surface area contributed by atoms with E-state index < -0.39 is 0 Å². The van der Waals surface area contributed by atoms with Crippen LogP contribution in [0, 0.1) is 17.0 Å². The Morgan fingerprint density at radius 1 is 1.19 bits per heavy atom. The molecule has 1 saturated carbocycles. The van der Waals surface area contributed by atoms with Gasteiger partial charge in [-0.05, 0) is 31.9 Å². The summed E-state index contributed by atoms with van der Waals surface area (Å²) in [4.78, 5) is 10.4. The number of nitro groups is 1. The van der Waals surface area contributed by atoms with E-state index in [0.29, 0.717) is 11.6 Å². The molecule has 0 aromatic heterocycles. The zero-order chi connectivity index (χ0) is 15.1. The number of nitro benzene ring substituents is 1. The van der Waals surface area contributed by atoms with Gasteiger partial charge in [0.2, 0.25) is 0 Å². The predicted octanol–water partition coefficient (Wildman–Crippen LogP) is 3.63. The minimum Gasteiger partial charge on any atom is -0.384 e. The summed E-state index contributed by atoms with van der Waals surface area (Å²) in [6.45, 7) is 3.54. The van der Waals surface area contributed by atoms with Gasteiger partial charge in [-0.25, -0.2) is 0 Å². The fraction of sp³-hybridized carbons (Fsp3) is 0.625. The normalized spacial score (nSPS) is 16.4. The average Bonchev–Trinajstić information content (AvgIpc) is 2.72. The molecular formula is C16H25N3O2. The summed E-state index contributed by atoms with van der Waals surface area (Å²) in [5, 5.41) is 17.7. The van der Waals surface area contributed by atoms with Crippen molar-refractivity contribution >= 4 is 11.4 Å². The lowest BCUT2D eigenvalue weighted by Crippen LogP contribution is -2.32. The molecule has 1 fully saturated rings. The van der Waals surface area contributed by atoms with E-state index in [1.165, 1.54) is 38.5 Å². The highest BCUT2D eigenvalue weighted by Crippen LogP contribution is 2.21. The first kappa shape index (κ1) is 15.8. The van der Waals surface area contributed by atoms with Gasteiger partial charge in [0.15, 0.2) is 0 Å². The Balaban J connectivity index is 1.73. The summed E-state index contributed by atoms with van der Waals surface area (Å²) in [6.07, 6.45) is 8.00. The van der Waals surface area contributed by atoms with Crippen molar-refractivity contribution < 1.29 is 4.92 Å². The van der Waals surface area contributed by atoms with E-state index in [-0.39, 0.29) is 10.6 Å². The summed E-state index contributed by atoms with van der Waals surface area (Å²) in [7, 11) is 0. The Kier molecular flexibility index (Phi) is 5.99. The molecule has 0 amide bonds. The molecule has 21 heavy (non-hydrogen) atoms. The monoisotopic (exact) mass is 291 g/mol.